The van der Waals surface area contributed by atoms with E-state index in [-0.39, 0.29) is 0 Å². The first-order chi connectivity index (χ1) is 12.5. The van der Waals surface area contributed by atoms with Gasteiger partial charge in [-0.05, 0) is 23.6 Å². The van der Waals surface area contributed by atoms with Gasteiger partial charge in [0.05, 0.1) is 26.4 Å². The van der Waals surface area contributed by atoms with Gasteiger partial charge < -0.3 is 9.47 Å². The van der Waals surface area contributed by atoms with Gasteiger partial charge in [-0.15, -0.1) is 0 Å². The van der Waals surface area contributed by atoms with Crippen molar-refractivity contribution < 1.29 is 9.47 Å². The number of hydrogen-bond acceptors (Lipinski definition) is 2. The van der Waals surface area contributed by atoms with Gasteiger partial charge in [0, 0.05) is 5.92 Å². The predicted molar refractivity (Wildman–Crippen MR) is 113 cm³/mol. The molecule has 0 unspecified atom stereocenters. The second kappa shape index (κ2) is 11.6. The third-order valence-corrected chi connectivity index (χ3v) is 6.42. The van der Waals surface area contributed by atoms with Crippen molar-refractivity contribution in [3.05, 3.63) is 71.8 Å². The molecular formula is C22H31ClO2Si. The molecule has 26 heavy (non-hydrogen) atoms. The SMILES string of the molecule is C[Si](C)(Cl)CCCC(COCc1ccccc1)COCc1ccccc1. The van der Waals surface area contributed by atoms with E-state index in [4.69, 9.17) is 20.6 Å². The summed E-state index contributed by atoms with van der Waals surface area (Å²) < 4.78 is 11.9. The minimum atomic E-state index is -1.50. The molecule has 0 fully saturated rings. The summed E-state index contributed by atoms with van der Waals surface area (Å²) in [5, 5.41) is 0. The fraction of sp³-hybridized carbons (Fsp3) is 0.455. The average molecular weight is 391 g/mol. The van der Waals surface area contributed by atoms with E-state index in [1.807, 2.05) is 36.4 Å². The molecule has 0 amide bonds. The van der Waals surface area contributed by atoms with Crippen molar-refractivity contribution in [2.24, 2.45) is 5.92 Å². The van der Waals surface area contributed by atoms with Gasteiger partial charge in [0.1, 0.15) is 7.38 Å². The van der Waals surface area contributed by atoms with Gasteiger partial charge in [-0.2, -0.15) is 11.1 Å². The lowest BCUT2D eigenvalue weighted by atomic mass is 10.1. The topological polar surface area (TPSA) is 18.5 Å². The molecule has 4 heteroatoms. The van der Waals surface area contributed by atoms with Crippen molar-refractivity contribution in [1.82, 2.24) is 0 Å². The molecule has 0 N–H and O–H groups in total. The van der Waals surface area contributed by atoms with Crippen LogP contribution in [0.2, 0.25) is 19.1 Å². The number of hydrogen-bond donors (Lipinski definition) is 0. The lowest BCUT2D eigenvalue weighted by Crippen LogP contribution is -2.19. The highest BCUT2D eigenvalue weighted by atomic mass is 35.6. The summed E-state index contributed by atoms with van der Waals surface area (Å²) in [6.45, 7) is 7.20. The third kappa shape index (κ3) is 9.53. The minimum absolute atomic E-state index is 0.412. The van der Waals surface area contributed by atoms with Crippen LogP contribution >= 0.6 is 11.1 Å². The maximum atomic E-state index is 6.46. The molecule has 142 valence electrons. The zero-order valence-electron chi connectivity index (χ0n) is 16.0. The number of benzene rings is 2. The highest BCUT2D eigenvalue weighted by Crippen LogP contribution is 2.21. The van der Waals surface area contributed by atoms with E-state index in [2.05, 4.69) is 37.4 Å². The summed E-state index contributed by atoms with van der Waals surface area (Å²) in [5.41, 5.74) is 2.43. The molecule has 0 spiro atoms. The van der Waals surface area contributed by atoms with Crippen molar-refractivity contribution in [3.8, 4) is 0 Å². The zero-order chi connectivity index (χ0) is 18.7. The molecule has 0 aliphatic rings. The van der Waals surface area contributed by atoms with E-state index in [0.717, 1.165) is 32.1 Å². The molecular weight excluding hydrogens is 360 g/mol. The Morgan fingerprint density at radius 1 is 0.808 bits per heavy atom. The Morgan fingerprint density at radius 3 is 1.69 bits per heavy atom. The van der Waals surface area contributed by atoms with Crippen molar-refractivity contribution >= 4 is 18.5 Å². The predicted octanol–water partition coefficient (Wildman–Crippen LogP) is 6.26. The second-order valence-electron chi connectivity index (χ2n) is 7.48. The molecule has 0 saturated heterocycles. The number of ether oxygens (including phenoxy) is 2. The molecule has 2 aromatic carbocycles. The van der Waals surface area contributed by atoms with E-state index >= 15 is 0 Å². The summed E-state index contributed by atoms with van der Waals surface area (Å²) in [6.07, 6.45) is 2.25. The van der Waals surface area contributed by atoms with Crippen molar-refractivity contribution in [1.29, 1.82) is 0 Å². The van der Waals surface area contributed by atoms with Crippen LogP contribution in [0.3, 0.4) is 0 Å². The maximum Gasteiger partial charge on any atom is 0.150 e. The summed E-state index contributed by atoms with van der Waals surface area (Å²) in [5.74, 6) is 0.412. The zero-order valence-corrected chi connectivity index (χ0v) is 17.8. The second-order valence-corrected chi connectivity index (χ2v) is 14.5. The van der Waals surface area contributed by atoms with Gasteiger partial charge in [-0.25, -0.2) is 0 Å². The standard InChI is InChI=1S/C22H31ClO2Si/c1-26(2,23)15-9-14-22(18-24-16-20-10-5-3-6-11-20)19-25-17-21-12-7-4-8-13-21/h3-8,10-13,22H,9,14-19H2,1-2H3. The van der Waals surface area contributed by atoms with Crippen LogP contribution in [0.1, 0.15) is 24.0 Å². The van der Waals surface area contributed by atoms with Gasteiger partial charge in [0.25, 0.3) is 0 Å². The summed E-state index contributed by atoms with van der Waals surface area (Å²) in [4.78, 5) is 0. The van der Waals surface area contributed by atoms with Gasteiger partial charge in [0.15, 0.2) is 0 Å². The van der Waals surface area contributed by atoms with Crippen molar-refractivity contribution in [3.63, 3.8) is 0 Å². The first-order valence-electron chi connectivity index (χ1n) is 9.45. The highest BCUT2D eigenvalue weighted by molar-refractivity contribution is 7.19. The van der Waals surface area contributed by atoms with Crippen LogP contribution in [0, 0.1) is 5.92 Å². The van der Waals surface area contributed by atoms with Crippen LogP contribution in [0.4, 0.5) is 0 Å². The lowest BCUT2D eigenvalue weighted by molar-refractivity contribution is 0.0238. The van der Waals surface area contributed by atoms with E-state index in [9.17, 15) is 0 Å². The Kier molecular flexibility index (Phi) is 9.41. The van der Waals surface area contributed by atoms with E-state index in [0.29, 0.717) is 19.1 Å². The Morgan fingerprint density at radius 2 is 1.27 bits per heavy atom. The quantitative estimate of drug-likeness (QED) is 0.314. The molecule has 0 radical (unpaired) electrons. The largest absolute Gasteiger partial charge is 0.376 e. The molecule has 2 nitrogen and oxygen atoms in total. The molecule has 0 aliphatic heterocycles. The monoisotopic (exact) mass is 390 g/mol. The molecule has 0 atom stereocenters. The van der Waals surface area contributed by atoms with Crippen molar-refractivity contribution in [2.45, 2.75) is 45.2 Å². The fourth-order valence-electron chi connectivity index (χ4n) is 2.86. The Bertz CT molecular complexity index is 553. The average Bonchev–Trinajstić information content (AvgIpc) is 2.62. The fourth-order valence-corrected chi connectivity index (χ4v) is 4.31. The molecule has 2 aromatic rings. The lowest BCUT2D eigenvalue weighted by Gasteiger charge is -2.19. The van der Waals surface area contributed by atoms with Crippen molar-refractivity contribution in [2.75, 3.05) is 13.2 Å². The molecule has 0 bridgehead atoms. The normalized spacial score (nSPS) is 11.8. The number of halogens is 1. The van der Waals surface area contributed by atoms with Crippen LogP contribution in [-0.4, -0.2) is 20.6 Å². The van der Waals surface area contributed by atoms with Gasteiger partial charge >= 0.3 is 0 Å². The Labute approximate surface area is 164 Å². The van der Waals surface area contributed by atoms with Crippen LogP contribution in [0.15, 0.2) is 60.7 Å². The van der Waals surface area contributed by atoms with Gasteiger partial charge in [0.2, 0.25) is 0 Å². The maximum absolute atomic E-state index is 6.46. The van der Waals surface area contributed by atoms with E-state index in [1.165, 1.54) is 11.1 Å². The van der Waals surface area contributed by atoms with Crippen LogP contribution < -0.4 is 0 Å². The third-order valence-electron chi connectivity index (χ3n) is 4.31. The smallest absolute Gasteiger partial charge is 0.150 e. The van der Waals surface area contributed by atoms with Gasteiger partial charge in [-0.1, -0.05) is 80.2 Å². The van der Waals surface area contributed by atoms with E-state index < -0.39 is 7.38 Å². The summed E-state index contributed by atoms with van der Waals surface area (Å²) in [7, 11) is -1.50. The molecule has 2 rings (SSSR count). The summed E-state index contributed by atoms with van der Waals surface area (Å²) in [6, 6.07) is 21.8. The molecule has 0 aliphatic carbocycles. The van der Waals surface area contributed by atoms with Crippen LogP contribution in [-0.2, 0) is 22.7 Å². The number of rotatable bonds is 12. The molecule has 0 aromatic heterocycles. The Balaban J connectivity index is 1.76. The van der Waals surface area contributed by atoms with E-state index in [1.54, 1.807) is 0 Å². The Hall–Kier alpha value is -1.13. The summed E-state index contributed by atoms with van der Waals surface area (Å²) >= 11 is 6.46. The first kappa shape index (κ1) is 21.2. The minimum Gasteiger partial charge on any atom is -0.376 e. The first-order valence-corrected chi connectivity index (χ1v) is 13.7. The van der Waals surface area contributed by atoms with Gasteiger partial charge in [-0.3, -0.25) is 0 Å². The van der Waals surface area contributed by atoms with Crippen LogP contribution in [0.25, 0.3) is 0 Å². The van der Waals surface area contributed by atoms with Crippen LogP contribution in [0.5, 0.6) is 0 Å². The highest BCUT2D eigenvalue weighted by Gasteiger charge is 2.18. The molecule has 0 heterocycles. The molecule has 0 saturated carbocycles.